The summed E-state index contributed by atoms with van der Waals surface area (Å²) < 4.78 is 0. The number of hydrogen-bond donors (Lipinski definition) is 2. The molecule has 0 aromatic carbocycles. The smallest absolute Gasteiger partial charge is 0.221 e. The summed E-state index contributed by atoms with van der Waals surface area (Å²) in [6.07, 6.45) is 1.82. The molecule has 76 valence electrons. The minimum Gasteiger partial charge on any atom is -0.359 e. The van der Waals surface area contributed by atoms with E-state index in [1.807, 2.05) is 11.8 Å². The van der Waals surface area contributed by atoms with Crippen molar-refractivity contribution >= 4 is 17.7 Å². The van der Waals surface area contributed by atoms with Gasteiger partial charge >= 0.3 is 0 Å². The zero-order valence-corrected chi connectivity index (χ0v) is 9.12. The maximum Gasteiger partial charge on any atom is 0.221 e. The normalized spacial score (nSPS) is 27.5. The predicted octanol–water partition coefficient (Wildman–Crippen LogP) is 0.606. The van der Waals surface area contributed by atoms with Crippen LogP contribution in [0.25, 0.3) is 0 Å². The first-order valence-electron chi connectivity index (χ1n) is 4.79. The van der Waals surface area contributed by atoms with Crippen molar-refractivity contribution < 1.29 is 4.79 Å². The quantitative estimate of drug-likeness (QED) is 0.701. The summed E-state index contributed by atoms with van der Waals surface area (Å²) in [5.41, 5.74) is 0. The van der Waals surface area contributed by atoms with E-state index in [1.165, 1.54) is 12.2 Å². The van der Waals surface area contributed by atoms with Gasteiger partial charge in [-0.2, -0.15) is 11.8 Å². The van der Waals surface area contributed by atoms with Crippen molar-refractivity contribution in [3.8, 4) is 0 Å². The van der Waals surface area contributed by atoms with Crippen LogP contribution in [-0.2, 0) is 4.79 Å². The first-order valence-corrected chi connectivity index (χ1v) is 5.84. The standard InChI is InChI=1S/C9H18N2OS/c1-7-8(4-6-13-7)11-5-3-9(12)10-2/h7-8,11H,3-6H2,1-2H3,(H,10,12). The number of nitrogens with one attached hydrogen (secondary N) is 2. The molecule has 0 radical (unpaired) electrons. The van der Waals surface area contributed by atoms with Gasteiger partial charge < -0.3 is 10.6 Å². The van der Waals surface area contributed by atoms with Crippen molar-refractivity contribution in [1.82, 2.24) is 10.6 Å². The van der Waals surface area contributed by atoms with Crippen LogP contribution in [-0.4, -0.2) is 36.5 Å². The Morgan fingerprint density at radius 2 is 2.38 bits per heavy atom. The zero-order valence-electron chi connectivity index (χ0n) is 8.30. The van der Waals surface area contributed by atoms with Crippen LogP contribution in [0.1, 0.15) is 19.8 Å². The minimum absolute atomic E-state index is 0.116. The average Bonchev–Trinajstić information content (AvgIpc) is 2.52. The van der Waals surface area contributed by atoms with Gasteiger partial charge in [0.25, 0.3) is 0 Å². The molecule has 1 aliphatic rings. The van der Waals surface area contributed by atoms with Gasteiger partial charge in [-0.05, 0) is 12.2 Å². The largest absolute Gasteiger partial charge is 0.359 e. The molecule has 0 bridgehead atoms. The topological polar surface area (TPSA) is 41.1 Å². The highest BCUT2D eigenvalue weighted by molar-refractivity contribution is 8.00. The average molecular weight is 202 g/mol. The molecule has 2 unspecified atom stereocenters. The van der Waals surface area contributed by atoms with Crippen LogP contribution in [0.2, 0.25) is 0 Å². The molecular formula is C9H18N2OS. The number of amides is 1. The van der Waals surface area contributed by atoms with Gasteiger partial charge in [0, 0.05) is 31.3 Å². The first-order chi connectivity index (χ1) is 6.24. The molecule has 1 heterocycles. The van der Waals surface area contributed by atoms with E-state index >= 15 is 0 Å². The Morgan fingerprint density at radius 3 is 2.92 bits per heavy atom. The van der Waals surface area contributed by atoms with Gasteiger partial charge in [0.15, 0.2) is 0 Å². The molecule has 1 saturated heterocycles. The second kappa shape index (κ2) is 5.50. The Balaban J connectivity index is 2.08. The highest BCUT2D eigenvalue weighted by atomic mass is 32.2. The summed E-state index contributed by atoms with van der Waals surface area (Å²) >= 11 is 2.01. The lowest BCUT2D eigenvalue weighted by molar-refractivity contribution is -0.120. The lowest BCUT2D eigenvalue weighted by Gasteiger charge is -2.15. The van der Waals surface area contributed by atoms with E-state index in [4.69, 9.17) is 0 Å². The van der Waals surface area contributed by atoms with E-state index in [-0.39, 0.29) is 5.91 Å². The Morgan fingerprint density at radius 1 is 1.62 bits per heavy atom. The van der Waals surface area contributed by atoms with Gasteiger partial charge in [0.2, 0.25) is 5.91 Å². The third-order valence-corrected chi connectivity index (χ3v) is 3.74. The van der Waals surface area contributed by atoms with Gasteiger partial charge in [0.1, 0.15) is 0 Å². The van der Waals surface area contributed by atoms with Gasteiger partial charge in [-0.25, -0.2) is 0 Å². The number of rotatable bonds is 4. The molecule has 4 heteroatoms. The molecule has 2 atom stereocenters. The third kappa shape index (κ3) is 3.56. The summed E-state index contributed by atoms with van der Waals surface area (Å²) in [5.74, 6) is 1.37. The van der Waals surface area contributed by atoms with Crippen LogP contribution in [0.15, 0.2) is 0 Å². The maximum absolute atomic E-state index is 10.9. The van der Waals surface area contributed by atoms with E-state index in [2.05, 4.69) is 17.6 Å². The van der Waals surface area contributed by atoms with Crippen molar-refractivity contribution in [3.63, 3.8) is 0 Å². The van der Waals surface area contributed by atoms with Gasteiger partial charge in [-0.15, -0.1) is 0 Å². The van der Waals surface area contributed by atoms with Crippen LogP contribution in [0.3, 0.4) is 0 Å². The van der Waals surface area contributed by atoms with Crippen molar-refractivity contribution in [3.05, 3.63) is 0 Å². The van der Waals surface area contributed by atoms with Crippen LogP contribution >= 0.6 is 11.8 Å². The molecule has 1 aliphatic heterocycles. The molecule has 3 nitrogen and oxygen atoms in total. The van der Waals surface area contributed by atoms with Crippen molar-refractivity contribution in [2.75, 3.05) is 19.3 Å². The number of hydrogen-bond acceptors (Lipinski definition) is 3. The molecule has 0 aliphatic carbocycles. The molecule has 0 aromatic heterocycles. The summed E-state index contributed by atoms with van der Waals surface area (Å²) in [7, 11) is 1.68. The lowest BCUT2D eigenvalue weighted by Crippen LogP contribution is -2.36. The molecule has 0 saturated carbocycles. The molecule has 1 rings (SSSR count). The van der Waals surface area contributed by atoms with Crippen LogP contribution in [0.5, 0.6) is 0 Å². The van der Waals surface area contributed by atoms with Gasteiger partial charge in [-0.3, -0.25) is 4.79 Å². The van der Waals surface area contributed by atoms with Crippen molar-refractivity contribution in [2.24, 2.45) is 0 Å². The summed E-state index contributed by atoms with van der Waals surface area (Å²) in [4.78, 5) is 10.9. The summed E-state index contributed by atoms with van der Waals surface area (Å²) in [6, 6.07) is 0.606. The Labute approximate surface area is 84.0 Å². The molecular weight excluding hydrogens is 184 g/mol. The molecule has 2 N–H and O–H groups in total. The van der Waals surface area contributed by atoms with Gasteiger partial charge in [0.05, 0.1) is 0 Å². The fraction of sp³-hybridized carbons (Fsp3) is 0.889. The Kier molecular flexibility index (Phi) is 4.59. The second-order valence-corrected chi connectivity index (χ2v) is 4.83. The Hall–Kier alpha value is -0.220. The van der Waals surface area contributed by atoms with Gasteiger partial charge in [-0.1, -0.05) is 6.92 Å². The minimum atomic E-state index is 0.116. The van der Waals surface area contributed by atoms with Crippen LogP contribution < -0.4 is 10.6 Å². The molecule has 1 fully saturated rings. The van der Waals surface area contributed by atoms with Crippen molar-refractivity contribution in [2.45, 2.75) is 31.1 Å². The highest BCUT2D eigenvalue weighted by Crippen LogP contribution is 2.25. The second-order valence-electron chi connectivity index (χ2n) is 3.35. The Bertz CT molecular complexity index is 175. The number of thioether (sulfide) groups is 1. The molecule has 0 spiro atoms. The number of carbonyl (C=O) groups is 1. The highest BCUT2D eigenvalue weighted by Gasteiger charge is 2.22. The summed E-state index contributed by atoms with van der Waals surface area (Å²) in [5, 5.41) is 6.73. The fourth-order valence-electron chi connectivity index (χ4n) is 1.50. The van der Waals surface area contributed by atoms with E-state index in [0.717, 1.165) is 6.54 Å². The molecule has 1 amide bonds. The maximum atomic E-state index is 10.9. The molecule has 13 heavy (non-hydrogen) atoms. The van der Waals surface area contributed by atoms with E-state index in [9.17, 15) is 4.79 Å². The van der Waals surface area contributed by atoms with E-state index in [1.54, 1.807) is 7.05 Å². The predicted molar refractivity (Wildman–Crippen MR) is 57.0 cm³/mol. The lowest BCUT2D eigenvalue weighted by atomic mass is 10.1. The fourth-order valence-corrected chi connectivity index (χ4v) is 2.72. The van der Waals surface area contributed by atoms with E-state index < -0.39 is 0 Å². The monoisotopic (exact) mass is 202 g/mol. The van der Waals surface area contributed by atoms with Crippen LogP contribution in [0, 0.1) is 0 Å². The first kappa shape index (κ1) is 10.9. The number of carbonyl (C=O) groups excluding carboxylic acids is 1. The molecule has 0 aromatic rings. The third-order valence-electron chi connectivity index (χ3n) is 2.41. The van der Waals surface area contributed by atoms with Crippen molar-refractivity contribution in [1.29, 1.82) is 0 Å². The SMILES string of the molecule is CNC(=O)CCNC1CCSC1C. The van der Waals surface area contributed by atoms with E-state index in [0.29, 0.717) is 17.7 Å². The summed E-state index contributed by atoms with van der Waals surface area (Å²) in [6.45, 7) is 3.05. The zero-order chi connectivity index (χ0) is 9.68. The van der Waals surface area contributed by atoms with Crippen LogP contribution in [0.4, 0.5) is 0 Å².